The molecule has 0 saturated heterocycles. The van der Waals surface area contributed by atoms with Crippen molar-refractivity contribution in [1.29, 1.82) is 0 Å². The summed E-state index contributed by atoms with van der Waals surface area (Å²) in [6.07, 6.45) is 2.08. The summed E-state index contributed by atoms with van der Waals surface area (Å²) >= 11 is 0. The highest BCUT2D eigenvalue weighted by atomic mass is 16.3. The lowest BCUT2D eigenvalue weighted by molar-refractivity contribution is 0.0995. The second kappa shape index (κ2) is 4.23. The van der Waals surface area contributed by atoms with Gasteiger partial charge in [0.1, 0.15) is 6.26 Å². The summed E-state index contributed by atoms with van der Waals surface area (Å²) < 4.78 is 5.15. The molecule has 4 N–H and O–H groups in total. The third-order valence-electron chi connectivity index (χ3n) is 2.17. The van der Waals surface area contributed by atoms with Gasteiger partial charge in [-0.05, 0) is 13.3 Å². The summed E-state index contributed by atoms with van der Waals surface area (Å²) in [4.78, 5) is 14.7. The Morgan fingerprint density at radius 1 is 1.71 bits per heavy atom. The summed E-state index contributed by atoms with van der Waals surface area (Å²) in [5, 5.41) is 0. The number of amides is 1. The number of hydrogen-bond donors (Lipinski definition) is 2. The fourth-order valence-electron chi connectivity index (χ4n) is 1.34. The molecule has 0 saturated carbocycles. The third kappa shape index (κ3) is 2.11. The number of carbonyl (C=O) groups excluding carboxylic acids is 1. The Morgan fingerprint density at radius 3 is 2.71 bits per heavy atom. The first-order valence-corrected chi connectivity index (χ1v) is 4.57. The molecule has 5 heteroatoms. The number of hydrogen-bond acceptors (Lipinski definition) is 4. The normalized spacial score (nSPS) is 15.1. The maximum atomic E-state index is 10.8. The van der Waals surface area contributed by atoms with Gasteiger partial charge >= 0.3 is 0 Å². The third-order valence-corrected chi connectivity index (χ3v) is 2.17. The molecule has 1 amide bonds. The highest BCUT2D eigenvalue weighted by Crippen LogP contribution is 2.21. The van der Waals surface area contributed by atoms with Gasteiger partial charge in [0.05, 0.1) is 5.92 Å². The number of nitrogens with two attached hydrogens (primary N) is 2. The Kier molecular flexibility index (Phi) is 3.24. The van der Waals surface area contributed by atoms with Crippen LogP contribution in [0.15, 0.2) is 10.7 Å². The molecule has 2 atom stereocenters. The Balaban J connectivity index is 2.89. The van der Waals surface area contributed by atoms with Crippen molar-refractivity contribution in [2.75, 3.05) is 0 Å². The van der Waals surface area contributed by atoms with Crippen LogP contribution in [0.1, 0.15) is 42.6 Å². The molecule has 0 aliphatic carbocycles. The van der Waals surface area contributed by atoms with Gasteiger partial charge < -0.3 is 15.9 Å². The molecule has 1 heterocycles. The van der Waals surface area contributed by atoms with E-state index >= 15 is 0 Å². The van der Waals surface area contributed by atoms with Crippen LogP contribution in [0, 0.1) is 0 Å². The monoisotopic (exact) mass is 197 g/mol. The Morgan fingerprint density at radius 2 is 2.36 bits per heavy atom. The summed E-state index contributed by atoms with van der Waals surface area (Å²) in [5.74, 6) is -0.0704. The lowest BCUT2D eigenvalue weighted by Crippen LogP contribution is -2.24. The summed E-state index contributed by atoms with van der Waals surface area (Å²) in [7, 11) is 0. The molecular formula is C9H15N3O2. The van der Waals surface area contributed by atoms with Gasteiger partial charge in [-0.15, -0.1) is 0 Å². The van der Waals surface area contributed by atoms with E-state index in [4.69, 9.17) is 15.9 Å². The van der Waals surface area contributed by atoms with Crippen molar-refractivity contribution in [2.24, 2.45) is 11.5 Å². The van der Waals surface area contributed by atoms with E-state index in [1.54, 1.807) is 0 Å². The maximum Gasteiger partial charge on any atom is 0.270 e. The van der Waals surface area contributed by atoms with Crippen molar-refractivity contribution in [3.05, 3.63) is 17.8 Å². The van der Waals surface area contributed by atoms with Crippen molar-refractivity contribution in [3.63, 3.8) is 0 Å². The first-order valence-electron chi connectivity index (χ1n) is 4.57. The number of carbonyl (C=O) groups is 1. The number of rotatable bonds is 4. The van der Waals surface area contributed by atoms with Gasteiger partial charge in [0.2, 0.25) is 0 Å². The highest BCUT2D eigenvalue weighted by molar-refractivity contribution is 5.90. The largest absolute Gasteiger partial charge is 0.448 e. The van der Waals surface area contributed by atoms with Crippen molar-refractivity contribution < 1.29 is 9.21 Å². The molecule has 0 aromatic carbocycles. The predicted molar refractivity (Wildman–Crippen MR) is 51.7 cm³/mol. The number of oxazole rings is 1. The van der Waals surface area contributed by atoms with Crippen LogP contribution in [0.25, 0.3) is 0 Å². The van der Waals surface area contributed by atoms with Gasteiger partial charge in [0, 0.05) is 6.04 Å². The number of primary amides is 1. The van der Waals surface area contributed by atoms with E-state index in [-0.39, 0.29) is 17.7 Å². The van der Waals surface area contributed by atoms with Crippen molar-refractivity contribution in [1.82, 2.24) is 4.98 Å². The fraction of sp³-hybridized carbons (Fsp3) is 0.556. The number of aromatic nitrogens is 1. The quantitative estimate of drug-likeness (QED) is 0.739. The molecule has 14 heavy (non-hydrogen) atoms. The SMILES string of the molecule is CCC(c1nc(C(N)=O)co1)C(C)N. The van der Waals surface area contributed by atoms with E-state index in [1.807, 2.05) is 13.8 Å². The molecule has 0 fully saturated rings. The molecule has 1 aromatic rings. The molecule has 0 radical (unpaired) electrons. The van der Waals surface area contributed by atoms with Crippen LogP contribution < -0.4 is 11.5 Å². The predicted octanol–water partition coefficient (Wildman–Crippen LogP) is 0.614. The van der Waals surface area contributed by atoms with Crippen LogP contribution >= 0.6 is 0 Å². The Bertz CT molecular complexity index is 320. The zero-order chi connectivity index (χ0) is 10.7. The van der Waals surface area contributed by atoms with Crippen molar-refractivity contribution >= 4 is 5.91 Å². The molecule has 1 aromatic heterocycles. The van der Waals surface area contributed by atoms with Crippen molar-refractivity contribution in [3.8, 4) is 0 Å². The second-order valence-corrected chi connectivity index (χ2v) is 3.31. The molecule has 2 unspecified atom stereocenters. The zero-order valence-electron chi connectivity index (χ0n) is 8.36. The van der Waals surface area contributed by atoms with Crippen LogP contribution in [-0.2, 0) is 0 Å². The Labute approximate surface area is 82.5 Å². The van der Waals surface area contributed by atoms with Gasteiger partial charge in [0.15, 0.2) is 11.6 Å². The molecule has 0 bridgehead atoms. The van der Waals surface area contributed by atoms with Crippen LogP contribution in [0.2, 0.25) is 0 Å². The van der Waals surface area contributed by atoms with E-state index in [1.165, 1.54) is 6.26 Å². The second-order valence-electron chi connectivity index (χ2n) is 3.31. The minimum absolute atomic E-state index is 0.0306. The first kappa shape index (κ1) is 10.7. The van der Waals surface area contributed by atoms with E-state index in [2.05, 4.69) is 4.98 Å². The lowest BCUT2D eigenvalue weighted by atomic mass is 9.99. The fourth-order valence-corrected chi connectivity index (χ4v) is 1.34. The van der Waals surface area contributed by atoms with Crippen LogP contribution in [-0.4, -0.2) is 16.9 Å². The smallest absolute Gasteiger partial charge is 0.270 e. The average molecular weight is 197 g/mol. The minimum atomic E-state index is -0.584. The molecule has 0 spiro atoms. The molecule has 1 rings (SSSR count). The maximum absolute atomic E-state index is 10.8. The molecule has 0 aliphatic heterocycles. The average Bonchev–Trinajstić information content (AvgIpc) is 2.53. The van der Waals surface area contributed by atoms with Crippen LogP contribution in [0.4, 0.5) is 0 Å². The Hall–Kier alpha value is -1.36. The van der Waals surface area contributed by atoms with Crippen LogP contribution in [0.3, 0.4) is 0 Å². The van der Waals surface area contributed by atoms with E-state index in [0.29, 0.717) is 5.89 Å². The molecular weight excluding hydrogens is 182 g/mol. The molecule has 5 nitrogen and oxygen atoms in total. The van der Waals surface area contributed by atoms with Gasteiger partial charge in [-0.2, -0.15) is 0 Å². The summed E-state index contributed by atoms with van der Waals surface area (Å²) in [6.45, 7) is 3.87. The standard InChI is InChI=1S/C9H15N3O2/c1-3-6(5(2)10)9-12-7(4-14-9)8(11)13/h4-6H,3,10H2,1-2H3,(H2,11,13). The molecule has 0 aliphatic rings. The zero-order valence-corrected chi connectivity index (χ0v) is 8.36. The van der Waals surface area contributed by atoms with E-state index < -0.39 is 5.91 Å². The van der Waals surface area contributed by atoms with Gasteiger partial charge in [-0.1, -0.05) is 6.92 Å². The highest BCUT2D eigenvalue weighted by Gasteiger charge is 2.20. The van der Waals surface area contributed by atoms with Crippen LogP contribution in [0.5, 0.6) is 0 Å². The lowest BCUT2D eigenvalue weighted by Gasteiger charge is -2.14. The topological polar surface area (TPSA) is 95.1 Å². The number of nitrogens with zero attached hydrogens (tertiary/aromatic N) is 1. The van der Waals surface area contributed by atoms with E-state index in [0.717, 1.165) is 6.42 Å². The van der Waals surface area contributed by atoms with Gasteiger partial charge in [-0.3, -0.25) is 4.79 Å². The summed E-state index contributed by atoms with van der Waals surface area (Å²) in [6, 6.07) is -0.0561. The summed E-state index contributed by atoms with van der Waals surface area (Å²) in [5.41, 5.74) is 11.0. The van der Waals surface area contributed by atoms with Crippen molar-refractivity contribution in [2.45, 2.75) is 32.2 Å². The minimum Gasteiger partial charge on any atom is -0.448 e. The van der Waals surface area contributed by atoms with Gasteiger partial charge in [-0.25, -0.2) is 4.98 Å². The first-order chi connectivity index (χ1) is 6.56. The molecule has 78 valence electrons. The van der Waals surface area contributed by atoms with E-state index in [9.17, 15) is 4.79 Å². The van der Waals surface area contributed by atoms with Gasteiger partial charge in [0.25, 0.3) is 5.91 Å².